The minimum atomic E-state index is -0.830. The van der Waals surface area contributed by atoms with E-state index in [0.717, 1.165) is 23.6 Å². The van der Waals surface area contributed by atoms with Gasteiger partial charge in [-0.1, -0.05) is 19.9 Å². The average Bonchev–Trinajstić information content (AvgIpc) is 2.32. The standard InChI is InChI=1S/C15H23NOS/c1-5-6-16-15-12(4)9-18(17)14-8-11(3)10(2)7-13(14)15/h7-8,12,15-16H,5-6,9H2,1-4H3. The van der Waals surface area contributed by atoms with Gasteiger partial charge in [0.25, 0.3) is 0 Å². The smallest absolute Gasteiger partial charge is 0.0536 e. The van der Waals surface area contributed by atoms with E-state index in [1.807, 2.05) is 0 Å². The van der Waals surface area contributed by atoms with E-state index >= 15 is 0 Å². The fraction of sp³-hybridized carbons (Fsp3) is 0.600. The van der Waals surface area contributed by atoms with E-state index < -0.39 is 10.8 Å². The van der Waals surface area contributed by atoms with Crippen molar-refractivity contribution in [3.63, 3.8) is 0 Å². The summed E-state index contributed by atoms with van der Waals surface area (Å²) in [6.45, 7) is 9.63. The van der Waals surface area contributed by atoms with Crippen LogP contribution >= 0.6 is 0 Å². The SMILES string of the molecule is CCCNC1c2cc(C)c(C)cc2S(=O)CC1C. The van der Waals surface area contributed by atoms with Gasteiger partial charge >= 0.3 is 0 Å². The van der Waals surface area contributed by atoms with Crippen molar-refractivity contribution in [2.75, 3.05) is 12.3 Å². The predicted molar refractivity (Wildman–Crippen MR) is 77.4 cm³/mol. The van der Waals surface area contributed by atoms with Crippen molar-refractivity contribution in [2.24, 2.45) is 5.92 Å². The summed E-state index contributed by atoms with van der Waals surface area (Å²) in [6.07, 6.45) is 1.13. The van der Waals surface area contributed by atoms with Gasteiger partial charge in [-0.15, -0.1) is 0 Å². The van der Waals surface area contributed by atoms with E-state index in [4.69, 9.17) is 0 Å². The van der Waals surface area contributed by atoms with Crippen molar-refractivity contribution in [2.45, 2.75) is 45.1 Å². The second-order valence-corrected chi connectivity index (χ2v) is 6.86. The Kier molecular flexibility index (Phi) is 4.23. The molecule has 0 amide bonds. The summed E-state index contributed by atoms with van der Waals surface area (Å²) in [7, 11) is -0.830. The molecule has 1 heterocycles. The summed E-state index contributed by atoms with van der Waals surface area (Å²) in [5.41, 5.74) is 3.79. The Bertz CT molecular complexity index is 470. The van der Waals surface area contributed by atoms with Crippen LogP contribution < -0.4 is 5.32 Å². The van der Waals surface area contributed by atoms with Gasteiger partial charge in [0.1, 0.15) is 0 Å². The fourth-order valence-corrected chi connectivity index (χ4v) is 4.20. The minimum Gasteiger partial charge on any atom is -0.310 e. The fourth-order valence-electron chi connectivity index (χ4n) is 2.59. The molecule has 1 aliphatic heterocycles. The number of aryl methyl sites for hydroxylation is 2. The molecule has 3 atom stereocenters. The van der Waals surface area contributed by atoms with E-state index in [9.17, 15) is 4.21 Å². The quantitative estimate of drug-likeness (QED) is 0.910. The third-order valence-corrected chi connectivity index (χ3v) is 5.48. The lowest BCUT2D eigenvalue weighted by molar-refractivity contribution is 0.402. The van der Waals surface area contributed by atoms with E-state index in [-0.39, 0.29) is 0 Å². The molecule has 18 heavy (non-hydrogen) atoms. The Hall–Kier alpha value is -0.670. The Morgan fingerprint density at radius 3 is 2.67 bits per heavy atom. The molecule has 1 N–H and O–H groups in total. The summed E-state index contributed by atoms with van der Waals surface area (Å²) >= 11 is 0. The molecule has 0 radical (unpaired) electrons. The zero-order valence-corrected chi connectivity index (χ0v) is 12.6. The molecule has 0 fully saturated rings. The van der Waals surface area contributed by atoms with Gasteiger partial charge in [0.15, 0.2) is 0 Å². The van der Waals surface area contributed by atoms with Crippen molar-refractivity contribution in [1.29, 1.82) is 0 Å². The third-order valence-electron chi connectivity index (χ3n) is 3.80. The van der Waals surface area contributed by atoms with E-state index in [0.29, 0.717) is 12.0 Å². The highest BCUT2D eigenvalue weighted by atomic mass is 32.2. The lowest BCUT2D eigenvalue weighted by Crippen LogP contribution is -2.35. The van der Waals surface area contributed by atoms with Gasteiger partial charge in [0.2, 0.25) is 0 Å². The van der Waals surface area contributed by atoms with Crippen LogP contribution in [0.5, 0.6) is 0 Å². The summed E-state index contributed by atoms with van der Waals surface area (Å²) < 4.78 is 12.3. The molecular formula is C15H23NOS. The summed E-state index contributed by atoms with van der Waals surface area (Å²) in [4.78, 5) is 1.05. The second kappa shape index (κ2) is 5.54. The normalized spacial score (nSPS) is 27.0. The van der Waals surface area contributed by atoms with Crippen LogP contribution in [-0.2, 0) is 10.8 Å². The topological polar surface area (TPSA) is 29.1 Å². The second-order valence-electron chi connectivity index (χ2n) is 5.40. The first-order valence-corrected chi connectivity index (χ1v) is 8.09. The first-order valence-electron chi connectivity index (χ1n) is 6.77. The van der Waals surface area contributed by atoms with Crippen molar-refractivity contribution in [1.82, 2.24) is 5.32 Å². The molecule has 0 spiro atoms. The highest BCUT2D eigenvalue weighted by molar-refractivity contribution is 7.85. The molecule has 1 aromatic rings. The Morgan fingerprint density at radius 1 is 1.33 bits per heavy atom. The first kappa shape index (κ1) is 13.8. The van der Waals surface area contributed by atoms with Crippen LogP contribution in [0.3, 0.4) is 0 Å². The molecule has 3 unspecified atom stereocenters. The zero-order valence-electron chi connectivity index (χ0n) is 11.7. The minimum absolute atomic E-state index is 0.358. The summed E-state index contributed by atoms with van der Waals surface area (Å²) in [5.74, 6) is 1.21. The molecule has 1 aromatic carbocycles. The lowest BCUT2D eigenvalue weighted by atomic mass is 9.92. The van der Waals surface area contributed by atoms with E-state index in [2.05, 4.69) is 45.1 Å². The van der Waals surface area contributed by atoms with Gasteiger partial charge in [-0.05, 0) is 55.5 Å². The van der Waals surface area contributed by atoms with Gasteiger partial charge in [0, 0.05) is 16.7 Å². The Morgan fingerprint density at radius 2 is 2.00 bits per heavy atom. The zero-order chi connectivity index (χ0) is 13.3. The molecule has 2 nitrogen and oxygen atoms in total. The molecule has 0 aromatic heterocycles. The molecule has 1 aliphatic rings. The highest BCUT2D eigenvalue weighted by Gasteiger charge is 2.30. The van der Waals surface area contributed by atoms with Crippen LogP contribution in [-0.4, -0.2) is 16.5 Å². The number of benzene rings is 1. The van der Waals surface area contributed by atoms with Gasteiger partial charge in [-0.25, -0.2) is 0 Å². The molecule has 3 heteroatoms. The maximum atomic E-state index is 12.3. The van der Waals surface area contributed by atoms with Crippen LogP contribution in [0, 0.1) is 19.8 Å². The van der Waals surface area contributed by atoms with Crippen LogP contribution in [0.4, 0.5) is 0 Å². The van der Waals surface area contributed by atoms with Crippen LogP contribution in [0.15, 0.2) is 17.0 Å². The summed E-state index contributed by atoms with van der Waals surface area (Å²) in [6, 6.07) is 4.70. The lowest BCUT2D eigenvalue weighted by Gasteiger charge is -2.32. The van der Waals surface area contributed by atoms with Gasteiger partial charge in [-0.2, -0.15) is 0 Å². The van der Waals surface area contributed by atoms with Crippen molar-refractivity contribution >= 4 is 10.8 Å². The van der Waals surface area contributed by atoms with Crippen LogP contribution in [0.2, 0.25) is 0 Å². The largest absolute Gasteiger partial charge is 0.310 e. The molecule has 0 bridgehead atoms. The Balaban J connectivity index is 2.43. The Labute approximate surface area is 113 Å². The van der Waals surface area contributed by atoms with Gasteiger partial charge < -0.3 is 5.32 Å². The van der Waals surface area contributed by atoms with Crippen molar-refractivity contribution in [3.8, 4) is 0 Å². The number of fused-ring (bicyclic) bond motifs is 1. The summed E-state index contributed by atoms with van der Waals surface area (Å²) in [5, 5.41) is 3.61. The highest BCUT2D eigenvalue weighted by Crippen LogP contribution is 2.35. The molecule has 0 aliphatic carbocycles. The van der Waals surface area contributed by atoms with Crippen LogP contribution in [0.1, 0.15) is 43.0 Å². The molecule has 0 saturated heterocycles. The number of nitrogens with one attached hydrogen (secondary N) is 1. The number of hydrogen-bond donors (Lipinski definition) is 1. The van der Waals surface area contributed by atoms with E-state index in [1.165, 1.54) is 16.7 Å². The number of hydrogen-bond acceptors (Lipinski definition) is 2. The maximum absolute atomic E-state index is 12.3. The van der Waals surface area contributed by atoms with Gasteiger partial charge in [0.05, 0.1) is 10.8 Å². The molecule has 0 saturated carbocycles. The monoisotopic (exact) mass is 265 g/mol. The van der Waals surface area contributed by atoms with E-state index in [1.54, 1.807) is 0 Å². The predicted octanol–water partition coefficient (Wildman–Crippen LogP) is 3.10. The van der Waals surface area contributed by atoms with Crippen molar-refractivity contribution < 1.29 is 4.21 Å². The first-order chi connectivity index (χ1) is 8.54. The average molecular weight is 265 g/mol. The van der Waals surface area contributed by atoms with Crippen molar-refractivity contribution in [3.05, 3.63) is 28.8 Å². The third kappa shape index (κ3) is 2.52. The van der Waals surface area contributed by atoms with Crippen LogP contribution in [0.25, 0.3) is 0 Å². The number of rotatable bonds is 3. The maximum Gasteiger partial charge on any atom is 0.0536 e. The molecule has 2 rings (SSSR count). The molecular weight excluding hydrogens is 242 g/mol. The molecule has 100 valence electrons. The van der Waals surface area contributed by atoms with Gasteiger partial charge in [-0.3, -0.25) is 4.21 Å².